The van der Waals surface area contributed by atoms with Gasteiger partial charge in [-0.1, -0.05) is 24.0 Å². The van der Waals surface area contributed by atoms with Gasteiger partial charge in [-0.25, -0.2) is 0 Å². The Bertz CT molecular complexity index is 502. The Hall–Kier alpha value is -1.30. The highest BCUT2D eigenvalue weighted by Crippen LogP contribution is 2.23. The minimum Gasteiger partial charge on any atom is -0.319 e. The standard InChI is InChI=1S/C13H13NS/c1-14-9-3-2-5-11-6-4-7-12-8-10-15-13(11)12/h4,6-8,10,14H,3,9H2,1H3. The van der Waals surface area contributed by atoms with Crippen LogP contribution in [0.3, 0.4) is 0 Å². The topological polar surface area (TPSA) is 12.0 Å². The molecule has 0 amide bonds. The van der Waals surface area contributed by atoms with E-state index in [4.69, 9.17) is 0 Å². The van der Waals surface area contributed by atoms with Crippen LogP contribution in [0.1, 0.15) is 12.0 Å². The summed E-state index contributed by atoms with van der Waals surface area (Å²) in [7, 11) is 1.95. The zero-order valence-corrected chi connectivity index (χ0v) is 9.53. The number of rotatable bonds is 2. The summed E-state index contributed by atoms with van der Waals surface area (Å²) in [6, 6.07) is 8.42. The summed E-state index contributed by atoms with van der Waals surface area (Å²) in [6.45, 7) is 0.952. The van der Waals surface area contributed by atoms with E-state index in [-0.39, 0.29) is 0 Å². The van der Waals surface area contributed by atoms with Gasteiger partial charge in [0.05, 0.1) is 0 Å². The molecule has 0 radical (unpaired) electrons. The maximum atomic E-state index is 3.23. The molecule has 1 nitrogen and oxygen atoms in total. The van der Waals surface area contributed by atoms with Gasteiger partial charge in [-0.15, -0.1) is 11.3 Å². The minimum absolute atomic E-state index is 0.901. The molecule has 1 heterocycles. The highest BCUT2D eigenvalue weighted by Gasteiger charge is 1.97. The molecule has 0 aliphatic carbocycles. The summed E-state index contributed by atoms with van der Waals surface area (Å²) >= 11 is 1.76. The predicted octanol–water partition coefficient (Wildman–Crippen LogP) is 2.86. The maximum absolute atomic E-state index is 3.23. The number of benzene rings is 1. The molecule has 2 rings (SSSR count). The largest absolute Gasteiger partial charge is 0.319 e. The smallest absolute Gasteiger partial charge is 0.0499 e. The Balaban J connectivity index is 2.26. The van der Waals surface area contributed by atoms with Crippen LogP contribution < -0.4 is 5.32 Å². The molecule has 1 aromatic heterocycles. The highest BCUT2D eigenvalue weighted by molar-refractivity contribution is 7.17. The van der Waals surface area contributed by atoms with Gasteiger partial charge in [0, 0.05) is 23.2 Å². The van der Waals surface area contributed by atoms with Crippen LogP contribution in [0.2, 0.25) is 0 Å². The van der Waals surface area contributed by atoms with E-state index in [0.29, 0.717) is 0 Å². The van der Waals surface area contributed by atoms with E-state index in [0.717, 1.165) is 18.5 Å². The van der Waals surface area contributed by atoms with E-state index in [1.54, 1.807) is 11.3 Å². The van der Waals surface area contributed by atoms with Crippen molar-refractivity contribution in [3.05, 3.63) is 35.2 Å². The van der Waals surface area contributed by atoms with Gasteiger partial charge in [0.2, 0.25) is 0 Å². The summed E-state index contributed by atoms with van der Waals surface area (Å²) in [5.41, 5.74) is 1.15. The van der Waals surface area contributed by atoms with E-state index in [2.05, 4.69) is 46.8 Å². The lowest BCUT2D eigenvalue weighted by atomic mass is 10.2. The molecule has 15 heavy (non-hydrogen) atoms. The molecule has 2 aromatic rings. The summed E-state index contributed by atoms with van der Waals surface area (Å²) in [6.07, 6.45) is 0.901. The van der Waals surface area contributed by atoms with Crippen LogP contribution in [0.5, 0.6) is 0 Å². The summed E-state index contributed by atoms with van der Waals surface area (Å²) in [4.78, 5) is 0. The van der Waals surface area contributed by atoms with Gasteiger partial charge in [0.15, 0.2) is 0 Å². The third kappa shape index (κ3) is 2.38. The first-order valence-electron chi connectivity index (χ1n) is 5.01. The molecule has 0 fully saturated rings. The van der Waals surface area contributed by atoms with Crippen molar-refractivity contribution in [1.29, 1.82) is 0 Å². The number of fused-ring (bicyclic) bond motifs is 1. The van der Waals surface area contributed by atoms with Gasteiger partial charge in [-0.2, -0.15) is 0 Å². The first-order chi connectivity index (χ1) is 7.42. The molecule has 0 saturated heterocycles. The Labute approximate surface area is 94.1 Å². The fraction of sp³-hybridized carbons (Fsp3) is 0.231. The molecule has 76 valence electrons. The van der Waals surface area contributed by atoms with Crippen molar-refractivity contribution in [2.75, 3.05) is 13.6 Å². The van der Waals surface area contributed by atoms with Crippen LogP contribution in [-0.2, 0) is 0 Å². The number of nitrogens with one attached hydrogen (secondary N) is 1. The molecule has 2 heteroatoms. The monoisotopic (exact) mass is 215 g/mol. The van der Waals surface area contributed by atoms with E-state index in [1.807, 2.05) is 7.05 Å². The van der Waals surface area contributed by atoms with Crippen molar-refractivity contribution in [3.63, 3.8) is 0 Å². The lowest BCUT2D eigenvalue weighted by molar-refractivity contribution is 0.818. The van der Waals surface area contributed by atoms with Crippen molar-refractivity contribution in [3.8, 4) is 11.8 Å². The SMILES string of the molecule is CNCCC#Cc1cccc2ccsc12. The number of hydrogen-bond acceptors (Lipinski definition) is 2. The molecule has 0 saturated carbocycles. The minimum atomic E-state index is 0.901. The quantitative estimate of drug-likeness (QED) is 0.600. The van der Waals surface area contributed by atoms with Gasteiger partial charge >= 0.3 is 0 Å². The van der Waals surface area contributed by atoms with Gasteiger partial charge in [-0.05, 0) is 29.9 Å². The second kappa shape index (κ2) is 4.97. The van der Waals surface area contributed by atoms with Crippen molar-refractivity contribution in [2.45, 2.75) is 6.42 Å². The van der Waals surface area contributed by atoms with Gasteiger partial charge < -0.3 is 5.32 Å². The van der Waals surface area contributed by atoms with Crippen LogP contribution in [0.4, 0.5) is 0 Å². The zero-order valence-electron chi connectivity index (χ0n) is 8.71. The molecule has 0 unspecified atom stereocenters. The molecule has 0 spiro atoms. The molecule has 1 N–H and O–H groups in total. The first kappa shape index (κ1) is 10.2. The summed E-state index contributed by atoms with van der Waals surface area (Å²) < 4.78 is 1.30. The molecule has 0 aliphatic heterocycles. The van der Waals surface area contributed by atoms with Crippen molar-refractivity contribution in [2.24, 2.45) is 0 Å². The summed E-state index contributed by atoms with van der Waals surface area (Å²) in [5, 5.41) is 6.49. The predicted molar refractivity (Wildman–Crippen MR) is 67.2 cm³/mol. The van der Waals surface area contributed by atoms with Crippen molar-refractivity contribution < 1.29 is 0 Å². The average Bonchev–Trinajstić information content (AvgIpc) is 2.73. The third-order valence-electron chi connectivity index (χ3n) is 2.20. The van der Waals surface area contributed by atoms with E-state index >= 15 is 0 Å². The maximum Gasteiger partial charge on any atom is 0.0499 e. The number of thiophene rings is 1. The van der Waals surface area contributed by atoms with Crippen LogP contribution in [0.25, 0.3) is 10.1 Å². The Morgan fingerprint density at radius 1 is 1.33 bits per heavy atom. The van der Waals surface area contributed by atoms with Crippen LogP contribution in [0, 0.1) is 11.8 Å². The van der Waals surface area contributed by atoms with Crippen molar-refractivity contribution >= 4 is 21.4 Å². The first-order valence-corrected chi connectivity index (χ1v) is 5.89. The summed E-state index contributed by atoms with van der Waals surface area (Å²) in [5.74, 6) is 6.41. The van der Waals surface area contributed by atoms with E-state index < -0.39 is 0 Å². The molecule has 0 atom stereocenters. The lowest BCUT2D eigenvalue weighted by Gasteiger charge is -1.93. The third-order valence-corrected chi connectivity index (χ3v) is 3.17. The second-order valence-electron chi connectivity index (χ2n) is 3.30. The Kier molecular flexibility index (Phi) is 3.39. The van der Waals surface area contributed by atoms with E-state index in [1.165, 1.54) is 10.1 Å². The lowest BCUT2D eigenvalue weighted by Crippen LogP contribution is -2.05. The van der Waals surface area contributed by atoms with Crippen LogP contribution in [0.15, 0.2) is 29.6 Å². The molecule has 0 aliphatic rings. The average molecular weight is 215 g/mol. The van der Waals surface area contributed by atoms with Crippen LogP contribution in [-0.4, -0.2) is 13.6 Å². The molecular formula is C13H13NS. The molecule has 1 aromatic carbocycles. The number of hydrogen-bond donors (Lipinski definition) is 1. The zero-order chi connectivity index (χ0) is 10.5. The second-order valence-corrected chi connectivity index (χ2v) is 4.22. The van der Waals surface area contributed by atoms with E-state index in [9.17, 15) is 0 Å². The Morgan fingerprint density at radius 2 is 2.27 bits per heavy atom. The van der Waals surface area contributed by atoms with Crippen molar-refractivity contribution in [1.82, 2.24) is 5.32 Å². The van der Waals surface area contributed by atoms with Crippen LogP contribution >= 0.6 is 11.3 Å². The van der Waals surface area contributed by atoms with Gasteiger partial charge in [-0.3, -0.25) is 0 Å². The van der Waals surface area contributed by atoms with Gasteiger partial charge in [0.1, 0.15) is 0 Å². The Morgan fingerprint density at radius 3 is 3.13 bits per heavy atom. The normalized spacial score (nSPS) is 9.93. The fourth-order valence-electron chi connectivity index (χ4n) is 1.44. The molecule has 0 bridgehead atoms. The van der Waals surface area contributed by atoms with Gasteiger partial charge in [0.25, 0.3) is 0 Å². The fourth-order valence-corrected chi connectivity index (χ4v) is 2.31. The highest BCUT2D eigenvalue weighted by atomic mass is 32.1. The molecular weight excluding hydrogens is 202 g/mol.